The number of hydrogen-bond acceptors (Lipinski definition) is 4. The quantitative estimate of drug-likeness (QED) is 0.885. The monoisotopic (exact) mass is 332 g/mol. The van der Waals surface area contributed by atoms with Gasteiger partial charge in [-0.3, -0.25) is 9.48 Å². The zero-order chi connectivity index (χ0) is 16.2. The van der Waals surface area contributed by atoms with Crippen molar-refractivity contribution in [2.45, 2.75) is 44.8 Å². The lowest BCUT2D eigenvalue weighted by Gasteiger charge is -2.27. The van der Waals surface area contributed by atoms with E-state index in [-0.39, 0.29) is 24.0 Å². The maximum atomic E-state index is 12.6. The molecule has 3 unspecified atom stereocenters. The second-order valence-corrected chi connectivity index (χ2v) is 6.98. The first-order chi connectivity index (χ1) is 11.2. The number of nitrogens with one attached hydrogen (secondary N) is 1. The molecule has 1 fully saturated rings. The Kier molecular flexibility index (Phi) is 5.13. The maximum absolute atomic E-state index is 12.6. The largest absolute Gasteiger partial charge is 0.335 e. The predicted molar refractivity (Wildman–Crippen MR) is 92.4 cm³/mol. The summed E-state index contributed by atoms with van der Waals surface area (Å²) in [6, 6.07) is 4.71. The number of carbonyl (C=O) groups is 1. The third-order valence-corrected chi connectivity index (χ3v) is 5.44. The lowest BCUT2D eigenvalue weighted by molar-refractivity contribution is -0.131. The van der Waals surface area contributed by atoms with Crippen molar-refractivity contribution < 1.29 is 4.79 Å². The topological polar surface area (TPSA) is 50.2 Å². The van der Waals surface area contributed by atoms with Crippen LogP contribution in [-0.4, -0.2) is 39.7 Å². The number of hydrogen-bond donors (Lipinski definition) is 1. The van der Waals surface area contributed by atoms with Crippen molar-refractivity contribution in [3.63, 3.8) is 0 Å². The van der Waals surface area contributed by atoms with Crippen LogP contribution in [0.5, 0.6) is 0 Å². The molecule has 0 saturated carbocycles. The van der Waals surface area contributed by atoms with Gasteiger partial charge in [0.05, 0.1) is 18.6 Å². The molecule has 3 heterocycles. The number of rotatable bonds is 6. The molecule has 6 heteroatoms. The number of thiophene rings is 1. The van der Waals surface area contributed by atoms with Gasteiger partial charge in [-0.25, -0.2) is 0 Å². The van der Waals surface area contributed by atoms with Gasteiger partial charge < -0.3 is 10.2 Å². The maximum Gasteiger partial charge on any atom is 0.237 e. The minimum absolute atomic E-state index is 0.182. The van der Waals surface area contributed by atoms with Crippen LogP contribution < -0.4 is 5.32 Å². The molecule has 0 bridgehead atoms. The Labute approximate surface area is 141 Å². The molecule has 5 nitrogen and oxygen atoms in total. The van der Waals surface area contributed by atoms with Crippen molar-refractivity contribution in [3.05, 3.63) is 40.8 Å². The summed E-state index contributed by atoms with van der Waals surface area (Å²) in [5, 5.41) is 11.9. The summed E-state index contributed by atoms with van der Waals surface area (Å²) >= 11 is 1.70. The van der Waals surface area contributed by atoms with Gasteiger partial charge in [0.1, 0.15) is 0 Å². The molecule has 1 aliphatic heterocycles. The Bertz CT molecular complexity index is 611. The van der Waals surface area contributed by atoms with Gasteiger partial charge in [-0.2, -0.15) is 16.4 Å². The summed E-state index contributed by atoms with van der Waals surface area (Å²) in [6.07, 6.45) is 5.90. The number of nitrogens with zero attached hydrogens (tertiary/aromatic N) is 3. The van der Waals surface area contributed by atoms with E-state index in [1.807, 2.05) is 21.8 Å². The van der Waals surface area contributed by atoms with Crippen LogP contribution in [0.4, 0.5) is 0 Å². The van der Waals surface area contributed by atoms with E-state index < -0.39 is 0 Å². The molecule has 1 aliphatic rings. The van der Waals surface area contributed by atoms with Crippen molar-refractivity contribution in [1.29, 1.82) is 0 Å². The summed E-state index contributed by atoms with van der Waals surface area (Å²) in [4.78, 5) is 14.6. The van der Waals surface area contributed by atoms with E-state index in [4.69, 9.17) is 0 Å². The molecule has 23 heavy (non-hydrogen) atoms. The zero-order valence-corrected chi connectivity index (χ0v) is 14.5. The van der Waals surface area contributed by atoms with E-state index in [9.17, 15) is 4.79 Å². The van der Waals surface area contributed by atoms with Gasteiger partial charge in [-0.1, -0.05) is 0 Å². The molecule has 0 radical (unpaired) electrons. The van der Waals surface area contributed by atoms with E-state index in [0.717, 1.165) is 19.4 Å². The lowest BCUT2D eigenvalue weighted by Crippen LogP contribution is -2.43. The molecule has 3 rings (SSSR count). The number of amides is 1. The number of aromatic nitrogens is 2. The minimum atomic E-state index is 0.182. The van der Waals surface area contributed by atoms with Crippen molar-refractivity contribution in [2.24, 2.45) is 0 Å². The van der Waals surface area contributed by atoms with Crippen LogP contribution >= 0.6 is 11.3 Å². The molecular formula is C17H24N4OS. The fraction of sp³-hybridized carbons (Fsp3) is 0.529. The van der Waals surface area contributed by atoms with E-state index in [2.05, 4.69) is 41.1 Å². The second-order valence-electron chi connectivity index (χ2n) is 6.20. The fourth-order valence-electron chi connectivity index (χ4n) is 3.15. The molecule has 1 amide bonds. The normalized spacial score (nSPS) is 20.6. The lowest BCUT2D eigenvalue weighted by atomic mass is 10.1. The summed E-state index contributed by atoms with van der Waals surface area (Å²) in [5.74, 6) is 0.193. The highest BCUT2D eigenvalue weighted by molar-refractivity contribution is 7.07. The van der Waals surface area contributed by atoms with Gasteiger partial charge >= 0.3 is 0 Å². The van der Waals surface area contributed by atoms with Gasteiger partial charge in [0.2, 0.25) is 5.91 Å². The molecule has 3 atom stereocenters. The van der Waals surface area contributed by atoms with E-state index in [1.165, 1.54) is 5.56 Å². The minimum Gasteiger partial charge on any atom is -0.335 e. The zero-order valence-electron chi connectivity index (χ0n) is 13.7. The van der Waals surface area contributed by atoms with Crippen LogP contribution in [0.2, 0.25) is 0 Å². The summed E-state index contributed by atoms with van der Waals surface area (Å²) in [6.45, 7) is 5.46. The third-order valence-electron chi connectivity index (χ3n) is 4.74. The average molecular weight is 332 g/mol. The standard InChI is InChI=1S/C17H24N4OS/c1-13(14(2)21-9-4-7-19-21)18-11-17(22)20-8-3-5-16(20)15-6-10-23-12-15/h4,6-7,9-10,12-14,16,18H,3,5,8,11H2,1-2H3. The van der Waals surface area contributed by atoms with Crippen molar-refractivity contribution in [1.82, 2.24) is 20.0 Å². The highest BCUT2D eigenvalue weighted by Gasteiger charge is 2.30. The molecule has 124 valence electrons. The smallest absolute Gasteiger partial charge is 0.237 e. The first-order valence-corrected chi connectivity index (χ1v) is 9.15. The molecule has 1 saturated heterocycles. The van der Waals surface area contributed by atoms with E-state index in [0.29, 0.717) is 6.54 Å². The van der Waals surface area contributed by atoms with Gasteiger partial charge in [0.15, 0.2) is 0 Å². The molecule has 0 aliphatic carbocycles. The predicted octanol–water partition coefficient (Wildman–Crippen LogP) is 2.85. The number of carbonyl (C=O) groups excluding carboxylic acids is 1. The van der Waals surface area contributed by atoms with Crippen LogP contribution in [0, 0.1) is 0 Å². The summed E-state index contributed by atoms with van der Waals surface area (Å²) in [7, 11) is 0. The molecule has 2 aromatic heterocycles. The molecule has 0 spiro atoms. The third kappa shape index (κ3) is 3.64. The Morgan fingerprint density at radius 1 is 1.52 bits per heavy atom. The average Bonchev–Trinajstić information content (AvgIpc) is 3.32. The molecule has 0 aromatic carbocycles. The van der Waals surface area contributed by atoms with Crippen LogP contribution in [0.15, 0.2) is 35.3 Å². The van der Waals surface area contributed by atoms with Crippen molar-refractivity contribution in [2.75, 3.05) is 13.1 Å². The first-order valence-electron chi connectivity index (χ1n) is 8.21. The van der Waals surface area contributed by atoms with E-state index >= 15 is 0 Å². The highest BCUT2D eigenvalue weighted by atomic mass is 32.1. The van der Waals surface area contributed by atoms with Crippen LogP contribution in [0.3, 0.4) is 0 Å². The second kappa shape index (κ2) is 7.27. The van der Waals surface area contributed by atoms with Gasteiger partial charge in [0, 0.05) is 25.0 Å². The Balaban J connectivity index is 1.54. The van der Waals surface area contributed by atoms with Crippen molar-refractivity contribution in [3.8, 4) is 0 Å². The summed E-state index contributed by atoms with van der Waals surface area (Å²) in [5.41, 5.74) is 1.28. The van der Waals surface area contributed by atoms with Crippen LogP contribution in [-0.2, 0) is 4.79 Å². The Morgan fingerprint density at radius 3 is 3.09 bits per heavy atom. The Morgan fingerprint density at radius 2 is 2.39 bits per heavy atom. The number of likely N-dealkylation sites (tertiary alicyclic amines) is 1. The fourth-order valence-corrected chi connectivity index (χ4v) is 3.85. The van der Waals surface area contributed by atoms with Gasteiger partial charge in [-0.15, -0.1) is 0 Å². The Hall–Kier alpha value is -1.66. The summed E-state index contributed by atoms with van der Waals surface area (Å²) < 4.78 is 1.92. The molecule has 1 N–H and O–H groups in total. The van der Waals surface area contributed by atoms with Crippen LogP contribution in [0.25, 0.3) is 0 Å². The first kappa shape index (κ1) is 16.2. The van der Waals surface area contributed by atoms with E-state index in [1.54, 1.807) is 17.5 Å². The van der Waals surface area contributed by atoms with Crippen molar-refractivity contribution >= 4 is 17.2 Å². The SMILES string of the molecule is CC(NCC(=O)N1CCCC1c1ccsc1)C(C)n1cccn1. The van der Waals surface area contributed by atoms with Gasteiger partial charge in [-0.05, 0) is 55.1 Å². The molecular weight excluding hydrogens is 308 g/mol. The molecule has 2 aromatic rings. The van der Waals surface area contributed by atoms with Gasteiger partial charge in [0.25, 0.3) is 0 Å². The highest BCUT2D eigenvalue weighted by Crippen LogP contribution is 2.32. The van der Waals surface area contributed by atoms with Crippen LogP contribution in [0.1, 0.15) is 44.3 Å².